The third kappa shape index (κ3) is 3.70. The minimum atomic E-state index is -3.94. The summed E-state index contributed by atoms with van der Waals surface area (Å²) in [4.78, 5) is 23.3. The number of hydrogen-bond donors (Lipinski definition) is 3. The lowest BCUT2D eigenvalue weighted by molar-refractivity contribution is -0.139. The van der Waals surface area contributed by atoms with Crippen LogP contribution in [0.2, 0.25) is 0 Å². The predicted octanol–water partition coefficient (Wildman–Crippen LogP) is 1.08. The fraction of sp³-hybridized carbons (Fsp3) is 0.467. The van der Waals surface area contributed by atoms with Gasteiger partial charge >= 0.3 is 5.97 Å². The Morgan fingerprint density at radius 3 is 2.35 bits per heavy atom. The molecule has 0 bridgehead atoms. The van der Waals surface area contributed by atoms with Gasteiger partial charge in [-0.05, 0) is 56.4 Å². The molecule has 23 heavy (non-hydrogen) atoms. The van der Waals surface area contributed by atoms with E-state index < -0.39 is 27.4 Å². The number of carboxylic acid groups (broad SMARTS) is 1. The van der Waals surface area contributed by atoms with Gasteiger partial charge in [0.05, 0.1) is 16.9 Å². The molecule has 126 valence electrons. The van der Waals surface area contributed by atoms with E-state index in [1.54, 1.807) is 19.9 Å². The van der Waals surface area contributed by atoms with E-state index in [9.17, 15) is 18.0 Å². The maximum absolute atomic E-state index is 12.4. The number of nitrogens with two attached hydrogens (primary N) is 1. The number of amides is 1. The molecular formula is C15H20N2O5S. The van der Waals surface area contributed by atoms with E-state index in [1.165, 1.54) is 6.07 Å². The van der Waals surface area contributed by atoms with Gasteiger partial charge in [-0.15, -0.1) is 0 Å². The van der Waals surface area contributed by atoms with E-state index in [2.05, 4.69) is 5.32 Å². The highest BCUT2D eigenvalue weighted by Gasteiger charge is 2.40. The molecule has 2 rings (SSSR count). The summed E-state index contributed by atoms with van der Waals surface area (Å²) in [5.41, 5.74) is 0.535. The Bertz CT molecular complexity index is 766. The number of carboxylic acids is 1. The molecule has 1 aromatic rings. The largest absolute Gasteiger partial charge is 0.481 e. The fourth-order valence-electron chi connectivity index (χ4n) is 2.81. The Kier molecular flexibility index (Phi) is 4.50. The Labute approximate surface area is 134 Å². The van der Waals surface area contributed by atoms with Crippen LogP contribution in [0.5, 0.6) is 0 Å². The first-order valence-electron chi connectivity index (χ1n) is 7.22. The molecule has 1 amide bonds. The molecule has 0 aromatic heterocycles. The third-order valence-electron chi connectivity index (χ3n) is 4.37. The van der Waals surface area contributed by atoms with Crippen molar-refractivity contribution >= 4 is 21.9 Å². The smallest absolute Gasteiger partial charge is 0.305 e. The van der Waals surface area contributed by atoms with Crippen LogP contribution in [0.15, 0.2) is 17.0 Å². The van der Waals surface area contributed by atoms with Gasteiger partial charge in [0.2, 0.25) is 10.0 Å². The summed E-state index contributed by atoms with van der Waals surface area (Å²) in [6.45, 7) is 3.31. The topological polar surface area (TPSA) is 127 Å². The van der Waals surface area contributed by atoms with Crippen molar-refractivity contribution in [2.75, 3.05) is 0 Å². The molecule has 0 unspecified atom stereocenters. The maximum Gasteiger partial charge on any atom is 0.305 e. The molecule has 7 nitrogen and oxygen atoms in total. The quantitative estimate of drug-likeness (QED) is 0.739. The monoisotopic (exact) mass is 340 g/mol. The first-order chi connectivity index (χ1) is 10.5. The van der Waals surface area contributed by atoms with Gasteiger partial charge in [-0.3, -0.25) is 9.59 Å². The van der Waals surface area contributed by atoms with E-state index in [0.29, 0.717) is 24.0 Å². The molecule has 0 aliphatic heterocycles. The highest BCUT2D eigenvalue weighted by molar-refractivity contribution is 7.89. The molecular weight excluding hydrogens is 320 g/mol. The SMILES string of the molecule is Cc1cc(C(=O)NC2(CC(=O)O)CCC2)cc(S(N)(=O)=O)c1C. The molecule has 1 fully saturated rings. The number of aryl methyl sites for hydroxylation is 1. The number of benzene rings is 1. The summed E-state index contributed by atoms with van der Waals surface area (Å²) in [5.74, 6) is -1.46. The van der Waals surface area contributed by atoms with Crippen LogP contribution in [0.1, 0.15) is 47.2 Å². The molecule has 1 aliphatic rings. The lowest BCUT2D eigenvalue weighted by atomic mass is 9.74. The van der Waals surface area contributed by atoms with Gasteiger partial charge in [0.25, 0.3) is 5.91 Å². The number of nitrogens with one attached hydrogen (secondary N) is 1. The van der Waals surface area contributed by atoms with E-state index in [4.69, 9.17) is 10.2 Å². The Morgan fingerprint density at radius 1 is 1.30 bits per heavy atom. The fourth-order valence-corrected chi connectivity index (χ4v) is 3.68. The van der Waals surface area contributed by atoms with E-state index in [0.717, 1.165) is 6.42 Å². The molecule has 0 saturated heterocycles. The van der Waals surface area contributed by atoms with Gasteiger partial charge in [0.15, 0.2) is 0 Å². The molecule has 8 heteroatoms. The van der Waals surface area contributed by atoms with Crippen molar-refractivity contribution in [3.63, 3.8) is 0 Å². The molecule has 1 aliphatic carbocycles. The number of hydrogen-bond acceptors (Lipinski definition) is 4. The summed E-state index contributed by atoms with van der Waals surface area (Å²) in [6, 6.07) is 2.81. The van der Waals surface area contributed by atoms with Gasteiger partial charge < -0.3 is 10.4 Å². The summed E-state index contributed by atoms with van der Waals surface area (Å²) < 4.78 is 23.3. The van der Waals surface area contributed by atoms with Crippen LogP contribution in [-0.2, 0) is 14.8 Å². The standard InChI is InChI=1S/C15H20N2O5S/c1-9-6-11(7-12(10(9)2)23(16,21)22)14(20)17-15(4-3-5-15)8-13(18)19/h6-7H,3-5,8H2,1-2H3,(H,17,20)(H,18,19)(H2,16,21,22). The minimum absolute atomic E-state index is 0.0939. The number of sulfonamides is 1. The van der Waals surface area contributed by atoms with Gasteiger partial charge in [0.1, 0.15) is 0 Å². The van der Waals surface area contributed by atoms with Crippen molar-refractivity contribution in [2.45, 2.75) is 50.0 Å². The number of aliphatic carboxylic acids is 1. The van der Waals surface area contributed by atoms with Crippen LogP contribution in [0, 0.1) is 13.8 Å². The Balaban J connectivity index is 2.33. The number of carbonyl (C=O) groups is 2. The van der Waals surface area contributed by atoms with Crippen molar-refractivity contribution in [2.24, 2.45) is 5.14 Å². The summed E-state index contributed by atoms with van der Waals surface area (Å²) in [6.07, 6.45) is 1.89. The molecule has 0 spiro atoms. The van der Waals surface area contributed by atoms with Crippen molar-refractivity contribution in [3.8, 4) is 0 Å². The molecule has 1 aromatic carbocycles. The summed E-state index contributed by atoms with van der Waals surface area (Å²) in [5, 5.41) is 16.9. The van der Waals surface area contributed by atoms with Crippen molar-refractivity contribution < 1.29 is 23.1 Å². The molecule has 0 heterocycles. The van der Waals surface area contributed by atoms with Crippen molar-refractivity contribution in [1.29, 1.82) is 0 Å². The van der Waals surface area contributed by atoms with Crippen LogP contribution >= 0.6 is 0 Å². The number of primary sulfonamides is 1. The average Bonchev–Trinajstić information content (AvgIpc) is 2.37. The van der Waals surface area contributed by atoms with Gasteiger partial charge in [0, 0.05) is 5.56 Å². The van der Waals surface area contributed by atoms with Gasteiger partial charge in [-0.25, -0.2) is 13.6 Å². The van der Waals surface area contributed by atoms with Crippen LogP contribution in [0.3, 0.4) is 0 Å². The van der Waals surface area contributed by atoms with E-state index >= 15 is 0 Å². The molecule has 0 atom stereocenters. The predicted molar refractivity (Wildman–Crippen MR) is 83.6 cm³/mol. The highest BCUT2D eigenvalue weighted by Crippen LogP contribution is 2.35. The maximum atomic E-state index is 12.4. The zero-order chi connectivity index (χ0) is 17.4. The first-order valence-corrected chi connectivity index (χ1v) is 8.77. The number of rotatable bonds is 5. The van der Waals surface area contributed by atoms with Crippen molar-refractivity contribution in [3.05, 3.63) is 28.8 Å². The van der Waals surface area contributed by atoms with Crippen LogP contribution in [0.25, 0.3) is 0 Å². The Morgan fingerprint density at radius 2 is 1.91 bits per heavy atom. The van der Waals surface area contributed by atoms with Gasteiger partial charge in [-0.2, -0.15) is 0 Å². The minimum Gasteiger partial charge on any atom is -0.481 e. The molecule has 0 radical (unpaired) electrons. The van der Waals surface area contributed by atoms with Crippen LogP contribution in [-0.4, -0.2) is 30.9 Å². The summed E-state index contributed by atoms with van der Waals surface area (Å²) >= 11 is 0. The lowest BCUT2D eigenvalue weighted by Crippen LogP contribution is -2.54. The Hall–Kier alpha value is -1.93. The second-order valence-corrected chi connectivity index (χ2v) is 7.65. The zero-order valence-electron chi connectivity index (χ0n) is 13.0. The average molecular weight is 340 g/mol. The lowest BCUT2D eigenvalue weighted by Gasteiger charge is -2.41. The molecule has 4 N–H and O–H groups in total. The zero-order valence-corrected chi connectivity index (χ0v) is 13.9. The van der Waals surface area contributed by atoms with Gasteiger partial charge in [-0.1, -0.05) is 0 Å². The molecule has 1 saturated carbocycles. The summed E-state index contributed by atoms with van der Waals surface area (Å²) in [7, 11) is -3.94. The first kappa shape index (κ1) is 17.4. The second-order valence-electron chi connectivity index (χ2n) is 6.12. The van der Waals surface area contributed by atoms with E-state index in [1.807, 2.05) is 0 Å². The third-order valence-corrected chi connectivity index (χ3v) is 5.40. The van der Waals surface area contributed by atoms with Crippen LogP contribution < -0.4 is 10.5 Å². The second kappa shape index (κ2) is 5.93. The van der Waals surface area contributed by atoms with Crippen LogP contribution in [0.4, 0.5) is 0 Å². The highest BCUT2D eigenvalue weighted by atomic mass is 32.2. The normalized spacial score (nSPS) is 16.5. The van der Waals surface area contributed by atoms with E-state index in [-0.39, 0.29) is 16.9 Å². The number of carbonyl (C=O) groups excluding carboxylic acids is 1. The van der Waals surface area contributed by atoms with Crippen molar-refractivity contribution in [1.82, 2.24) is 5.32 Å².